The molecule has 0 amide bonds. The van der Waals surface area contributed by atoms with Crippen molar-refractivity contribution in [1.82, 2.24) is 15.0 Å². The van der Waals surface area contributed by atoms with Gasteiger partial charge in [0, 0.05) is 18.3 Å². The summed E-state index contributed by atoms with van der Waals surface area (Å²) < 4.78 is 85.2. The van der Waals surface area contributed by atoms with Crippen LogP contribution in [0.1, 0.15) is 17.2 Å². The third-order valence-electron chi connectivity index (χ3n) is 4.19. The van der Waals surface area contributed by atoms with Crippen LogP contribution in [0.4, 0.5) is 26.3 Å². The molecule has 0 saturated heterocycles. The van der Waals surface area contributed by atoms with Gasteiger partial charge in [0.25, 0.3) is 5.56 Å². The van der Waals surface area contributed by atoms with Crippen molar-refractivity contribution in [3.63, 3.8) is 0 Å². The van der Waals surface area contributed by atoms with Crippen LogP contribution in [0.5, 0.6) is 11.8 Å². The Morgan fingerprint density at radius 3 is 2.23 bits per heavy atom. The first-order valence-electron chi connectivity index (χ1n) is 8.84. The number of benzene rings is 1. The summed E-state index contributed by atoms with van der Waals surface area (Å²) in [6, 6.07) is 4.13. The first-order valence-corrected chi connectivity index (χ1v) is 8.84. The van der Waals surface area contributed by atoms with Gasteiger partial charge in [0.05, 0.1) is 17.3 Å². The predicted molar refractivity (Wildman–Crippen MR) is 96.9 cm³/mol. The Labute approximate surface area is 171 Å². The lowest BCUT2D eigenvalue weighted by molar-refractivity contribution is -0.155. The number of hydrogen-bond acceptors (Lipinski definition) is 6. The fraction of sp³-hybridized carbons (Fsp3) is 0.389. The van der Waals surface area contributed by atoms with Gasteiger partial charge in [-0.2, -0.15) is 31.4 Å². The molecular formula is C18H16F6N4O3. The van der Waals surface area contributed by atoms with E-state index >= 15 is 0 Å². The summed E-state index contributed by atoms with van der Waals surface area (Å²) in [5.74, 6) is -0.574. The molecule has 1 N–H and O–H groups in total. The zero-order valence-electron chi connectivity index (χ0n) is 15.9. The number of rotatable bonds is 6. The maximum absolute atomic E-state index is 13.0. The van der Waals surface area contributed by atoms with Gasteiger partial charge in [0.15, 0.2) is 13.2 Å². The molecule has 31 heavy (non-hydrogen) atoms. The van der Waals surface area contributed by atoms with E-state index in [1.807, 2.05) is 0 Å². The summed E-state index contributed by atoms with van der Waals surface area (Å²) in [7, 11) is 0. The summed E-state index contributed by atoms with van der Waals surface area (Å²) in [5, 5.41) is 3.81. The fourth-order valence-electron chi connectivity index (χ4n) is 2.80. The minimum atomic E-state index is -4.68. The Bertz CT molecular complexity index is 1020. The molecule has 1 atom stereocenters. The molecule has 1 unspecified atom stereocenters. The average Bonchev–Trinajstić information content (AvgIpc) is 3.21. The second-order valence-electron chi connectivity index (χ2n) is 6.59. The van der Waals surface area contributed by atoms with Gasteiger partial charge < -0.3 is 14.9 Å². The van der Waals surface area contributed by atoms with E-state index in [1.165, 1.54) is 25.3 Å². The molecule has 1 aliphatic heterocycles. The van der Waals surface area contributed by atoms with Gasteiger partial charge in [-0.15, -0.1) is 0 Å². The Morgan fingerprint density at radius 2 is 1.68 bits per heavy atom. The van der Waals surface area contributed by atoms with Crippen molar-refractivity contribution >= 4 is 6.21 Å². The number of aromatic nitrogens is 2. The van der Waals surface area contributed by atoms with Crippen LogP contribution in [-0.4, -0.2) is 47.9 Å². The molecule has 0 aliphatic carbocycles. The highest BCUT2D eigenvalue weighted by molar-refractivity contribution is 5.69. The normalized spacial score (nSPS) is 16.3. The van der Waals surface area contributed by atoms with E-state index in [2.05, 4.69) is 20.2 Å². The molecule has 2 heterocycles. The second-order valence-corrected chi connectivity index (χ2v) is 6.59. The van der Waals surface area contributed by atoms with Crippen molar-refractivity contribution in [2.45, 2.75) is 25.2 Å². The summed E-state index contributed by atoms with van der Waals surface area (Å²) in [6.45, 7) is -1.44. The molecule has 168 valence electrons. The van der Waals surface area contributed by atoms with Crippen LogP contribution in [-0.2, 0) is 0 Å². The first kappa shape index (κ1) is 22.4. The van der Waals surface area contributed by atoms with Crippen LogP contribution in [0.25, 0.3) is 5.69 Å². The third-order valence-corrected chi connectivity index (χ3v) is 4.19. The summed E-state index contributed by atoms with van der Waals surface area (Å²) in [5.41, 5.74) is 2.40. The molecule has 1 aromatic carbocycles. The molecule has 1 aromatic heterocycles. The highest BCUT2D eigenvalue weighted by atomic mass is 19.4. The van der Waals surface area contributed by atoms with Gasteiger partial charge in [-0.05, 0) is 31.2 Å². The highest BCUT2D eigenvalue weighted by Gasteiger charge is 2.31. The molecule has 2 aromatic rings. The van der Waals surface area contributed by atoms with Crippen molar-refractivity contribution in [1.29, 1.82) is 0 Å². The van der Waals surface area contributed by atoms with E-state index in [4.69, 9.17) is 4.74 Å². The maximum atomic E-state index is 13.0. The SMILES string of the molecule is Cc1c(C2C=NNC2)nc(OCC(F)(F)F)n(-c2ccc(OCC(F)(F)F)cc2)c1=O. The van der Waals surface area contributed by atoms with Crippen LogP contribution in [0.15, 0.2) is 34.2 Å². The second kappa shape index (κ2) is 8.47. The van der Waals surface area contributed by atoms with Crippen molar-refractivity contribution in [2.75, 3.05) is 19.8 Å². The minimum Gasteiger partial charge on any atom is -0.484 e. The Hall–Kier alpha value is -3.25. The van der Waals surface area contributed by atoms with Gasteiger partial charge in [0.1, 0.15) is 5.75 Å². The van der Waals surface area contributed by atoms with Crippen molar-refractivity contribution < 1.29 is 35.8 Å². The molecule has 13 heteroatoms. The summed E-state index contributed by atoms with van der Waals surface area (Å²) in [4.78, 5) is 17.1. The lowest BCUT2D eigenvalue weighted by atomic mass is 10.0. The van der Waals surface area contributed by atoms with Gasteiger partial charge >= 0.3 is 18.4 Å². The molecule has 1 aliphatic rings. The van der Waals surface area contributed by atoms with Gasteiger partial charge in [-0.25, -0.2) is 9.55 Å². The largest absolute Gasteiger partial charge is 0.484 e. The lowest BCUT2D eigenvalue weighted by Gasteiger charge is -2.18. The Balaban J connectivity index is 2.00. The number of alkyl halides is 6. The average molecular weight is 450 g/mol. The molecular weight excluding hydrogens is 434 g/mol. The van der Waals surface area contributed by atoms with Gasteiger partial charge in [-0.3, -0.25) is 4.79 Å². The molecule has 0 saturated carbocycles. The van der Waals surface area contributed by atoms with Crippen LogP contribution < -0.4 is 20.5 Å². The lowest BCUT2D eigenvalue weighted by Crippen LogP contribution is -2.30. The van der Waals surface area contributed by atoms with Crippen LogP contribution >= 0.6 is 0 Å². The summed E-state index contributed by atoms with van der Waals surface area (Å²) >= 11 is 0. The Morgan fingerprint density at radius 1 is 1.06 bits per heavy atom. The molecule has 0 spiro atoms. The summed E-state index contributed by atoms with van der Waals surface area (Å²) in [6.07, 6.45) is -7.75. The number of nitrogens with zero attached hydrogens (tertiary/aromatic N) is 3. The van der Waals surface area contributed by atoms with Crippen LogP contribution in [0.2, 0.25) is 0 Å². The molecule has 0 radical (unpaired) electrons. The van der Waals surface area contributed by atoms with Crippen LogP contribution in [0.3, 0.4) is 0 Å². The van der Waals surface area contributed by atoms with Gasteiger partial charge in [-0.1, -0.05) is 0 Å². The zero-order valence-corrected chi connectivity index (χ0v) is 15.9. The maximum Gasteiger partial charge on any atom is 0.422 e. The topological polar surface area (TPSA) is 77.7 Å². The zero-order chi connectivity index (χ0) is 22.8. The van der Waals surface area contributed by atoms with E-state index in [1.54, 1.807) is 0 Å². The third kappa shape index (κ3) is 5.67. The smallest absolute Gasteiger partial charge is 0.422 e. The van der Waals surface area contributed by atoms with Crippen molar-refractivity contribution in [3.05, 3.63) is 45.9 Å². The van der Waals surface area contributed by atoms with E-state index in [0.717, 1.165) is 16.7 Å². The number of ether oxygens (including phenoxy) is 2. The first-order chi connectivity index (χ1) is 14.4. The number of nitrogens with one attached hydrogen (secondary N) is 1. The molecule has 0 bridgehead atoms. The number of halogens is 6. The number of hydrazone groups is 1. The predicted octanol–water partition coefficient (Wildman–Crippen LogP) is 3.10. The van der Waals surface area contributed by atoms with Crippen molar-refractivity contribution in [2.24, 2.45) is 5.10 Å². The monoisotopic (exact) mass is 450 g/mol. The minimum absolute atomic E-state index is 0.0434. The van der Waals surface area contributed by atoms with Crippen LogP contribution in [0, 0.1) is 6.92 Å². The van der Waals surface area contributed by atoms with E-state index in [0.29, 0.717) is 6.54 Å². The van der Waals surface area contributed by atoms with Gasteiger partial charge in [0.2, 0.25) is 0 Å². The fourth-order valence-corrected chi connectivity index (χ4v) is 2.80. The van der Waals surface area contributed by atoms with E-state index in [9.17, 15) is 31.1 Å². The Kier molecular flexibility index (Phi) is 6.13. The van der Waals surface area contributed by atoms with Crippen molar-refractivity contribution in [3.8, 4) is 17.4 Å². The molecule has 3 rings (SSSR count). The molecule has 7 nitrogen and oxygen atoms in total. The molecule has 0 fully saturated rings. The quantitative estimate of drug-likeness (QED) is 0.685. The standard InChI is InChI=1S/C18H16F6N4O3/c1-10-14(11-6-25-26-7-11)27-16(31-9-18(22,23)24)28(15(10)29)12-2-4-13(5-3-12)30-8-17(19,20)21/h2-6,11,26H,7-9H2,1H3. The number of hydrogen-bond donors (Lipinski definition) is 1. The van der Waals surface area contributed by atoms with E-state index in [-0.39, 0.29) is 22.7 Å². The van der Waals surface area contributed by atoms with E-state index < -0.39 is 43.1 Å². The highest BCUT2D eigenvalue weighted by Crippen LogP contribution is 2.25.